The number of esters is 1. The predicted octanol–water partition coefficient (Wildman–Crippen LogP) is -0.0634. The first-order chi connectivity index (χ1) is 7.06. The highest BCUT2D eigenvalue weighted by Crippen LogP contribution is 2.19. The van der Waals surface area contributed by atoms with Gasteiger partial charge in [-0.15, -0.1) is 0 Å². The van der Waals surface area contributed by atoms with E-state index in [9.17, 15) is 14.9 Å². The average molecular weight is 214 g/mol. The average Bonchev–Trinajstić information content (AvgIpc) is 2.48. The summed E-state index contributed by atoms with van der Waals surface area (Å²) in [5.74, 6) is -0.699. The Hall–Kier alpha value is -2.12. The third kappa shape index (κ3) is 2.42. The van der Waals surface area contributed by atoms with Gasteiger partial charge in [-0.1, -0.05) is 0 Å². The number of carbonyl (C=O) groups excluding carboxylic acids is 1. The molecule has 8 heteroatoms. The van der Waals surface area contributed by atoms with E-state index in [4.69, 9.17) is 5.73 Å². The quantitative estimate of drug-likeness (QED) is 0.426. The smallest absolute Gasteiger partial charge is 0.330 e. The van der Waals surface area contributed by atoms with E-state index in [0.29, 0.717) is 0 Å². The maximum atomic E-state index is 11.0. The zero-order valence-corrected chi connectivity index (χ0v) is 8.04. The molecule has 1 heterocycles. The zero-order valence-electron chi connectivity index (χ0n) is 8.04. The van der Waals surface area contributed by atoms with Crippen molar-refractivity contribution >= 4 is 17.5 Å². The van der Waals surface area contributed by atoms with Gasteiger partial charge in [0, 0.05) is 0 Å². The van der Waals surface area contributed by atoms with Crippen LogP contribution in [0, 0.1) is 10.1 Å². The van der Waals surface area contributed by atoms with Crippen LogP contribution in [0.5, 0.6) is 0 Å². The molecule has 0 bridgehead atoms. The van der Waals surface area contributed by atoms with Crippen LogP contribution in [0.15, 0.2) is 6.20 Å². The number of hydrogen-bond acceptors (Lipinski definition) is 6. The minimum absolute atomic E-state index is 0.159. The van der Waals surface area contributed by atoms with E-state index in [-0.39, 0.29) is 24.7 Å². The summed E-state index contributed by atoms with van der Waals surface area (Å²) >= 11 is 0. The molecular weight excluding hydrogens is 204 g/mol. The number of anilines is 1. The van der Waals surface area contributed by atoms with Gasteiger partial charge in [0.25, 0.3) is 0 Å². The van der Waals surface area contributed by atoms with Crippen molar-refractivity contribution in [3.8, 4) is 0 Å². The standard InChI is InChI=1S/C7H10N4O4/c1-2-15-6(12)4-10-7(8)5(3-9-10)11(13)14/h3H,2,4,8H2,1H3. The molecule has 0 saturated carbocycles. The van der Waals surface area contributed by atoms with Crippen LogP contribution in [0.1, 0.15) is 6.92 Å². The van der Waals surface area contributed by atoms with Crippen molar-refractivity contribution in [1.29, 1.82) is 0 Å². The van der Waals surface area contributed by atoms with Gasteiger partial charge in [-0.25, -0.2) is 4.68 Å². The van der Waals surface area contributed by atoms with Crippen molar-refractivity contribution in [2.45, 2.75) is 13.5 Å². The molecule has 0 atom stereocenters. The summed E-state index contributed by atoms with van der Waals surface area (Å²) in [6.07, 6.45) is 0.995. The van der Waals surface area contributed by atoms with Crippen molar-refractivity contribution in [3.63, 3.8) is 0 Å². The molecule has 1 aromatic heterocycles. The van der Waals surface area contributed by atoms with Crippen LogP contribution in [0.2, 0.25) is 0 Å². The maximum Gasteiger partial charge on any atom is 0.330 e. The van der Waals surface area contributed by atoms with Crippen LogP contribution in [0.4, 0.5) is 11.5 Å². The Morgan fingerprint density at radius 3 is 2.93 bits per heavy atom. The van der Waals surface area contributed by atoms with Crippen LogP contribution in [-0.2, 0) is 16.1 Å². The number of nitrogen functional groups attached to an aromatic ring is 1. The van der Waals surface area contributed by atoms with Crippen molar-refractivity contribution < 1.29 is 14.5 Å². The lowest BCUT2D eigenvalue weighted by Crippen LogP contribution is -2.16. The molecule has 0 aliphatic heterocycles. The predicted molar refractivity (Wildman–Crippen MR) is 49.9 cm³/mol. The molecule has 2 N–H and O–H groups in total. The third-order valence-corrected chi connectivity index (χ3v) is 1.64. The van der Waals surface area contributed by atoms with Gasteiger partial charge in [0.15, 0.2) is 0 Å². The minimum Gasteiger partial charge on any atom is -0.465 e. The summed E-state index contributed by atoms with van der Waals surface area (Å²) in [6, 6.07) is 0. The molecule has 1 rings (SSSR count). The molecule has 8 nitrogen and oxygen atoms in total. The fourth-order valence-electron chi connectivity index (χ4n) is 0.981. The Balaban J connectivity index is 2.79. The molecule has 1 aromatic rings. The molecule has 0 saturated heterocycles. The number of aromatic nitrogens is 2. The Bertz CT molecular complexity index is 386. The van der Waals surface area contributed by atoms with E-state index in [2.05, 4.69) is 9.84 Å². The van der Waals surface area contributed by atoms with Crippen molar-refractivity contribution in [1.82, 2.24) is 9.78 Å². The van der Waals surface area contributed by atoms with Crippen LogP contribution in [0.25, 0.3) is 0 Å². The van der Waals surface area contributed by atoms with Crippen LogP contribution < -0.4 is 5.73 Å². The summed E-state index contributed by atoms with van der Waals surface area (Å²) in [6.45, 7) is 1.67. The Kier molecular flexibility index (Phi) is 3.21. The SMILES string of the molecule is CCOC(=O)Cn1ncc([N+](=O)[O-])c1N. The van der Waals surface area contributed by atoms with Crippen molar-refractivity contribution in [2.75, 3.05) is 12.3 Å². The lowest BCUT2D eigenvalue weighted by molar-refractivity contribution is -0.384. The normalized spacial score (nSPS) is 9.93. The van der Waals surface area contributed by atoms with Gasteiger partial charge in [0.1, 0.15) is 12.7 Å². The highest BCUT2D eigenvalue weighted by Gasteiger charge is 2.19. The van der Waals surface area contributed by atoms with Gasteiger partial charge in [-0.05, 0) is 6.92 Å². The number of nitrogens with two attached hydrogens (primary N) is 1. The second kappa shape index (κ2) is 4.40. The Morgan fingerprint density at radius 1 is 1.80 bits per heavy atom. The van der Waals surface area contributed by atoms with Gasteiger partial charge in [-0.3, -0.25) is 14.9 Å². The summed E-state index contributed by atoms with van der Waals surface area (Å²) < 4.78 is 5.67. The maximum absolute atomic E-state index is 11.0. The summed E-state index contributed by atoms with van der Waals surface area (Å²) in [7, 11) is 0. The first-order valence-electron chi connectivity index (χ1n) is 4.17. The molecule has 0 spiro atoms. The number of nitrogens with zero attached hydrogens (tertiary/aromatic N) is 3. The summed E-state index contributed by atoms with van der Waals surface area (Å²) in [5.41, 5.74) is 5.08. The second-order valence-electron chi connectivity index (χ2n) is 2.63. The fraction of sp³-hybridized carbons (Fsp3) is 0.429. The number of rotatable bonds is 4. The largest absolute Gasteiger partial charge is 0.465 e. The third-order valence-electron chi connectivity index (χ3n) is 1.64. The molecule has 0 radical (unpaired) electrons. The molecule has 15 heavy (non-hydrogen) atoms. The lowest BCUT2D eigenvalue weighted by Gasteiger charge is -2.02. The molecular formula is C7H10N4O4. The summed E-state index contributed by atoms with van der Waals surface area (Å²) in [4.78, 5) is 20.8. The number of nitro groups is 1. The monoisotopic (exact) mass is 214 g/mol. The number of carbonyl (C=O) groups is 1. The molecule has 0 aromatic carbocycles. The highest BCUT2D eigenvalue weighted by molar-refractivity contribution is 5.70. The first-order valence-corrected chi connectivity index (χ1v) is 4.17. The molecule has 0 amide bonds. The van der Waals surface area contributed by atoms with Crippen molar-refractivity contribution in [3.05, 3.63) is 16.3 Å². The highest BCUT2D eigenvalue weighted by atomic mass is 16.6. The second-order valence-corrected chi connectivity index (χ2v) is 2.63. The summed E-state index contributed by atoms with van der Waals surface area (Å²) in [5, 5.41) is 14.0. The molecule has 0 aliphatic rings. The van der Waals surface area contributed by atoms with Crippen LogP contribution in [-0.4, -0.2) is 27.3 Å². The van der Waals surface area contributed by atoms with Gasteiger partial charge >= 0.3 is 11.7 Å². The van der Waals surface area contributed by atoms with E-state index in [1.165, 1.54) is 0 Å². The number of ether oxygens (including phenoxy) is 1. The molecule has 82 valence electrons. The van der Waals surface area contributed by atoms with Gasteiger partial charge in [0.2, 0.25) is 5.82 Å². The molecule has 0 aliphatic carbocycles. The zero-order chi connectivity index (χ0) is 11.4. The first kappa shape index (κ1) is 11.0. The van der Waals surface area contributed by atoms with E-state index >= 15 is 0 Å². The van der Waals surface area contributed by atoms with E-state index in [0.717, 1.165) is 10.9 Å². The minimum atomic E-state index is -0.663. The van der Waals surface area contributed by atoms with E-state index in [1.54, 1.807) is 6.92 Å². The Labute approximate surface area is 84.8 Å². The molecule has 0 fully saturated rings. The van der Waals surface area contributed by atoms with Crippen molar-refractivity contribution in [2.24, 2.45) is 0 Å². The lowest BCUT2D eigenvalue weighted by atomic mass is 10.5. The van der Waals surface area contributed by atoms with Gasteiger partial charge in [-0.2, -0.15) is 5.10 Å². The molecule has 0 unspecified atom stereocenters. The Morgan fingerprint density at radius 2 is 2.47 bits per heavy atom. The topological polar surface area (TPSA) is 113 Å². The van der Waals surface area contributed by atoms with E-state index in [1.807, 2.05) is 0 Å². The van der Waals surface area contributed by atoms with Gasteiger partial charge < -0.3 is 10.5 Å². The van der Waals surface area contributed by atoms with E-state index < -0.39 is 10.9 Å². The van der Waals surface area contributed by atoms with Gasteiger partial charge in [0.05, 0.1) is 11.5 Å². The van der Waals surface area contributed by atoms with Crippen LogP contribution in [0.3, 0.4) is 0 Å². The fourth-order valence-corrected chi connectivity index (χ4v) is 0.981. The van der Waals surface area contributed by atoms with Crippen LogP contribution >= 0.6 is 0 Å². The number of hydrogen-bond donors (Lipinski definition) is 1.